The fourth-order valence-corrected chi connectivity index (χ4v) is 5.73. The summed E-state index contributed by atoms with van der Waals surface area (Å²) in [5, 5.41) is 0. The SMILES string of the molecule is Cc1ccc(S(=O)(=O)N2CCC[C@H](C(=O)N3CCCc4ccccc43)C2)cc1. The van der Waals surface area contributed by atoms with Gasteiger partial charge in [-0.15, -0.1) is 0 Å². The van der Waals surface area contributed by atoms with Gasteiger partial charge in [0.05, 0.1) is 10.8 Å². The van der Waals surface area contributed by atoms with E-state index in [-0.39, 0.29) is 18.4 Å². The molecule has 0 bridgehead atoms. The summed E-state index contributed by atoms with van der Waals surface area (Å²) in [7, 11) is -3.57. The molecule has 5 nitrogen and oxygen atoms in total. The highest BCUT2D eigenvalue weighted by Crippen LogP contribution is 2.31. The van der Waals surface area contributed by atoms with Crippen LogP contribution in [0.2, 0.25) is 0 Å². The van der Waals surface area contributed by atoms with Crippen LogP contribution in [0, 0.1) is 12.8 Å². The molecule has 28 heavy (non-hydrogen) atoms. The lowest BCUT2D eigenvalue weighted by Gasteiger charge is -2.36. The Morgan fingerprint density at radius 2 is 1.75 bits per heavy atom. The molecule has 4 rings (SSSR count). The molecule has 0 aliphatic carbocycles. The quantitative estimate of drug-likeness (QED) is 0.796. The molecule has 0 N–H and O–H groups in total. The average Bonchev–Trinajstić information content (AvgIpc) is 2.73. The average molecular weight is 399 g/mol. The number of anilines is 1. The largest absolute Gasteiger partial charge is 0.312 e. The standard InChI is InChI=1S/C22H26N2O3S/c1-17-10-12-20(13-11-17)28(26,27)23-14-4-8-19(16-23)22(25)24-15-5-7-18-6-2-3-9-21(18)24/h2-3,6,9-13,19H,4-5,7-8,14-16H2,1H3/t19-/m0/s1. The van der Waals surface area contributed by atoms with Gasteiger partial charge in [0, 0.05) is 25.3 Å². The van der Waals surface area contributed by atoms with Crippen LogP contribution in [0.15, 0.2) is 53.4 Å². The second-order valence-electron chi connectivity index (χ2n) is 7.74. The molecule has 0 saturated carbocycles. The summed E-state index contributed by atoms with van der Waals surface area (Å²) in [6, 6.07) is 14.9. The summed E-state index contributed by atoms with van der Waals surface area (Å²) >= 11 is 0. The number of sulfonamides is 1. The highest BCUT2D eigenvalue weighted by molar-refractivity contribution is 7.89. The minimum atomic E-state index is -3.57. The first kappa shape index (κ1) is 19.2. The molecule has 2 aliphatic heterocycles. The van der Waals surface area contributed by atoms with Gasteiger partial charge in [0.1, 0.15) is 0 Å². The number of fused-ring (bicyclic) bond motifs is 1. The monoisotopic (exact) mass is 398 g/mol. The van der Waals surface area contributed by atoms with Crippen molar-refractivity contribution in [3.63, 3.8) is 0 Å². The zero-order chi connectivity index (χ0) is 19.7. The number of benzene rings is 2. The summed E-state index contributed by atoms with van der Waals surface area (Å²) in [6.45, 7) is 3.36. The normalized spacial score (nSPS) is 20.6. The molecule has 2 aromatic carbocycles. The van der Waals surface area contributed by atoms with Crippen LogP contribution >= 0.6 is 0 Å². The van der Waals surface area contributed by atoms with Crippen molar-refractivity contribution in [1.82, 2.24) is 4.31 Å². The molecule has 1 fully saturated rings. The van der Waals surface area contributed by atoms with Crippen LogP contribution in [-0.4, -0.2) is 38.3 Å². The number of hydrogen-bond donors (Lipinski definition) is 0. The van der Waals surface area contributed by atoms with Gasteiger partial charge in [-0.3, -0.25) is 4.79 Å². The second-order valence-corrected chi connectivity index (χ2v) is 9.68. The van der Waals surface area contributed by atoms with Gasteiger partial charge in [0.15, 0.2) is 0 Å². The third-order valence-corrected chi connectivity index (χ3v) is 7.65. The summed E-state index contributed by atoms with van der Waals surface area (Å²) in [6.07, 6.45) is 3.37. The fraction of sp³-hybridized carbons (Fsp3) is 0.409. The van der Waals surface area contributed by atoms with Crippen molar-refractivity contribution in [2.45, 2.75) is 37.5 Å². The lowest BCUT2D eigenvalue weighted by molar-refractivity contribution is -0.123. The van der Waals surface area contributed by atoms with E-state index in [0.717, 1.165) is 30.5 Å². The van der Waals surface area contributed by atoms with Gasteiger partial charge in [-0.05, 0) is 56.4 Å². The summed E-state index contributed by atoms with van der Waals surface area (Å²) in [5.74, 6) is -0.240. The third-order valence-electron chi connectivity index (χ3n) is 5.77. The Balaban J connectivity index is 1.54. The fourth-order valence-electron chi connectivity index (χ4n) is 4.20. The number of rotatable bonds is 3. The van der Waals surface area contributed by atoms with Crippen LogP contribution in [0.3, 0.4) is 0 Å². The molecule has 6 heteroatoms. The molecular weight excluding hydrogens is 372 g/mol. The van der Waals surface area contributed by atoms with E-state index < -0.39 is 10.0 Å². The highest BCUT2D eigenvalue weighted by Gasteiger charge is 2.36. The first-order valence-corrected chi connectivity index (χ1v) is 11.4. The lowest BCUT2D eigenvalue weighted by Crippen LogP contribution is -2.48. The van der Waals surface area contributed by atoms with Crippen molar-refractivity contribution in [3.8, 4) is 0 Å². The lowest BCUT2D eigenvalue weighted by atomic mass is 9.95. The predicted molar refractivity (Wildman–Crippen MR) is 110 cm³/mol. The maximum Gasteiger partial charge on any atom is 0.243 e. The minimum Gasteiger partial charge on any atom is -0.312 e. The summed E-state index contributed by atoms with van der Waals surface area (Å²) < 4.78 is 27.6. The number of amides is 1. The molecule has 0 radical (unpaired) electrons. The van der Waals surface area contributed by atoms with E-state index in [1.54, 1.807) is 12.1 Å². The summed E-state index contributed by atoms with van der Waals surface area (Å²) in [4.78, 5) is 15.4. The first-order valence-electron chi connectivity index (χ1n) is 9.93. The maximum absolute atomic E-state index is 13.3. The van der Waals surface area contributed by atoms with Crippen LogP contribution < -0.4 is 4.90 Å². The zero-order valence-corrected chi connectivity index (χ0v) is 17.0. The van der Waals surface area contributed by atoms with E-state index in [0.29, 0.717) is 24.4 Å². The number of carbonyl (C=O) groups excluding carboxylic acids is 1. The number of carbonyl (C=O) groups is 1. The molecule has 1 atom stereocenters. The molecule has 0 spiro atoms. The van der Waals surface area contributed by atoms with Crippen LogP contribution in [0.5, 0.6) is 0 Å². The van der Waals surface area contributed by atoms with Crippen molar-refractivity contribution < 1.29 is 13.2 Å². The topological polar surface area (TPSA) is 57.7 Å². The second kappa shape index (κ2) is 7.68. The maximum atomic E-state index is 13.3. The molecule has 1 amide bonds. The van der Waals surface area contributed by atoms with Gasteiger partial charge in [-0.1, -0.05) is 35.9 Å². The Bertz CT molecular complexity index is 970. The van der Waals surface area contributed by atoms with Crippen LogP contribution in [0.1, 0.15) is 30.4 Å². The van der Waals surface area contributed by atoms with Gasteiger partial charge >= 0.3 is 0 Å². The van der Waals surface area contributed by atoms with Crippen molar-refractivity contribution in [2.24, 2.45) is 5.92 Å². The molecule has 148 valence electrons. The van der Waals surface area contributed by atoms with Crippen LogP contribution in [0.25, 0.3) is 0 Å². The number of nitrogens with zero attached hydrogens (tertiary/aromatic N) is 2. The van der Waals surface area contributed by atoms with E-state index >= 15 is 0 Å². The van der Waals surface area contributed by atoms with Gasteiger partial charge in [0.2, 0.25) is 15.9 Å². The Labute approximate surface area is 167 Å². The minimum absolute atomic E-state index is 0.0518. The molecule has 1 saturated heterocycles. The molecule has 2 heterocycles. The molecule has 0 unspecified atom stereocenters. The third kappa shape index (κ3) is 3.59. The van der Waals surface area contributed by atoms with Crippen LogP contribution in [0.4, 0.5) is 5.69 Å². The Hall–Kier alpha value is -2.18. The Morgan fingerprint density at radius 3 is 2.54 bits per heavy atom. The highest BCUT2D eigenvalue weighted by atomic mass is 32.2. The Morgan fingerprint density at radius 1 is 1.00 bits per heavy atom. The van der Waals surface area contributed by atoms with Gasteiger partial charge < -0.3 is 4.90 Å². The number of hydrogen-bond acceptors (Lipinski definition) is 3. The smallest absolute Gasteiger partial charge is 0.243 e. The van der Waals surface area contributed by atoms with E-state index in [1.807, 2.05) is 42.2 Å². The number of piperidine rings is 1. The van der Waals surface area contributed by atoms with Crippen molar-refractivity contribution in [2.75, 3.05) is 24.5 Å². The first-order chi connectivity index (χ1) is 13.5. The zero-order valence-electron chi connectivity index (χ0n) is 16.2. The van der Waals surface area contributed by atoms with Crippen molar-refractivity contribution in [3.05, 3.63) is 59.7 Å². The molecule has 2 aromatic rings. The summed E-state index contributed by atoms with van der Waals surface area (Å²) in [5.41, 5.74) is 3.20. The number of para-hydroxylation sites is 1. The van der Waals surface area contributed by atoms with E-state index in [9.17, 15) is 13.2 Å². The van der Waals surface area contributed by atoms with Gasteiger partial charge in [-0.25, -0.2) is 8.42 Å². The molecular formula is C22H26N2O3S. The molecule has 2 aliphatic rings. The van der Waals surface area contributed by atoms with Crippen LogP contribution in [-0.2, 0) is 21.2 Å². The van der Waals surface area contributed by atoms with Crippen molar-refractivity contribution in [1.29, 1.82) is 0 Å². The Kier molecular flexibility index (Phi) is 5.25. The predicted octanol–water partition coefficient (Wildman–Crippen LogP) is 3.38. The number of aryl methyl sites for hydroxylation is 2. The molecule has 0 aromatic heterocycles. The van der Waals surface area contributed by atoms with Crippen molar-refractivity contribution >= 4 is 21.6 Å². The van der Waals surface area contributed by atoms with E-state index in [1.165, 1.54) is 9.87 Å². The van der Waals surface area contributed by atoms with Gasteiger partial charge in [-0.2, -0.15) is 4.31 Å². The van der Waals surface area contributed by atoms with E-state index in [4.69, 9.17) is 0 Å². The van der Waals surface area contributed by atoms with E-state index in [2.05, 4.69) is 6.07 Å². The van der Waals surface area contributed by atoms with Gasteiger partial charge in [0.25, 0.3) is 0 Å².